The van der Waals surface area contributed by atoms with Gasteiger partial charge in [-0.3, -0.25) is 10.1 Å². The van der Waals surface area contributed by atoms with E-state index >= 15 is 0 Å². The Bertz CT molecular complexity index is 638. The summed E-state index contributed by atoms with van der Waals surface area (Å²) in [7, 11) is 0. The minimum absolute atomic E-state index is 0.0386. The van der Waals surface area contributed by atoms with Gasteiger partial charge in [0.15, 0.2) is 5.69 Å². The predicted octanol–water partition coefficient (Wildman–Crippen LogP) is 2.13. The first-order valence-electron chi connectivity index (χ1n) is 4.72. The van der Waals surface area contributed by atoms with Gasteiger partial charge < -0.3 is 5.11 Å². The first kappa shape index (κ1) is 12.1. The van der Waals surface area contributed by atoms with Crippen molar-refractivity contribution in [3.05, 3.63) is 51.3 Å². The topological polar surface area (TPSA) is 98.3 Å². The third kappa shape index (κ3) is 2.03. The lowest BCUT2D eigenvalue weighted by atomic mass is 10.2. The fourth-order valence-electron chi connectivity index (χ4n) is 1.43. The second-order valence-electron chi connectivity index (χ2n) is 3.34. The van der Waals surface area contributed by atoms with E-state index in [0.29, 0.717) is 0 Å². The van der Waals surface area contributed by atoms with Gasteiger partial charge in [-0.15, -0.1) is 0 Å². The van der Waals surface area contributed by atoms with E-state index in [1.165, 1.54) is 18.2 Å². The van der Waals surface area contributed by atoms with E-state index in [1.807, 2.05) is 0 Å². The molecule has 18 heavy (non-hydrogen) atoms. The van der Waals surface area contributed by atoms with Gasteiger partial charge in [0.1, 0.15) is 0 Å². The molecule has 0 spiro atoms. The summed E-state index contributed by atoms with van der Waals surface area (Å²) < 4.78 is 1.07. The first-order chi connectivity index (χ1) is 8.50. The summed E-state index contributed by atoms with van der Waals surface area (Å²) in [4.78, 5) is 21.0. The second-order valence-corrected chi connectivity index (χ2v) is 3.75. The van der Waals surface area contributed by atoms with E-state index in [-0.39, 0.29) is 22.0 Å². The van der Waals surface area contributed by atoms with Crippen molar-refractivity contribution in [3.63, 3.8) is 0 Å². The molecule has 0 radical (unpaired) electrons. The molecule has 92 valence electrons. The smallest absolute Gasteiger partial charge is 0.338 e. The molecule has 1 heterocycles. The number of carbonyl (C=O) groups is 1. The Kier molecular flexibility index (Phi) is 2.99. The minimum Gasteiger partial charge on any atom is -0.478 e. The fourth-order valence-corrected chi connectivity index (χ4v) is 1.69. The number of nitro benzene ring substituents is 1. The molecule has 1 aromatic carbocycles. The number of nitrogens with zero attached hydrogens (tertiary/aromatic N) is 3. The zero-order valence-corrected chi connectivity index (χ0v) is 9.53. The fraction of sp³-hybridized carbons (Fsp3) is 0. The van der Waals surface area contributed by atoms with Gasteiger partial charge >= 0.3 is 5.97 Å². The van der Waals surface area contributed by atoms with Crippen molar-refractivity contribution < 1.29 is 14.8 Å². The molecule has 0 aliphatic carbocycles. The van der Waals surface area contributed by atoms with Crippen LogP contribution < -0.4 is 0 Å². The van der Waals surface area contributed by atoms with Crippen LogP contribution >= 0.6 is 11.6 Å². The second kappa shape index (κ2) is 4.46. The molecule has 0 amide bonds. The molecule has 0 atom stereocenters. The molecule has 8 heteroatoms. The summed E-state index contributed by atoms with van der Waals surface area (Å²) in [6, 6.07) is 4.17. The van der Waals surface area contributed by atoms with Gasteiger partial charge in [0.25, 0.3) is 5.69 Å². The van der Waals surface area contributed by atoms with Crippen molar-refractivity contribution in [2.24, 2.45) is 0 Å². The Hall–Kier alpha value is -2.41. The number of para-hydroxylation sites is 1. The maximum Gasteiger partial charge on any atom is 0.338 e. The quantitative estimate of drug-likeness (QED) is 0.678. The summed E-state index contributed by atoms with van der Waals surface area (Å²) in [5, 5.41) is 23.5. The number of aromatic carboxylic acids is 1. The SMILES string of the molecule is O=C(O)c1cnn(-c2c(Cl)cccc2[N+](=O)[O-])c1. The van der Waals surface area contributed by atoms with Crippen molar-refractivity contribution >= 4 is 23.3 Å². The van der Waals surface area contributed by atoms with Gasteiger partial charge in [-0.25, -0.2) is 9.48 Å². The summed E-state index contributed by atoms with van der Waals surface area (Å²) in [5.74, 6) is -1.17. The van der Waals surface area contributed by atoms with Crippen molar-refractivity contribution in [1.82, 2.24) is 9.78 Å². The number of hydrogen-bond donors (Lipinski definition) is 1. The molecule has 2 rings (SSSR count). The zero-order valence-electron chi connectivity index (χ0n) is 8.78. The number of hydrogen-bond acceptors (Lipinski definition) is 4. The number of halogens is 1. The van der Waals surface area contributed by atoms with E-state index in [4.69, 9.17) is 16.7 Å². The largest absolute Gasteiger partial charge is 0.478 e. The Morgan fingerprint density at radius 2 is 2.22 bits per heavy atom. The molecule has 1 N–H and O–H groups in total. The van der Waals surface area contributed by atoms with Gasteiger partial charge in [0.05, 0.1) is 21.7 Å². The molecular formula is C10H6ClN3O4. The molecule has 0 aliphatic heterocycles. The number of nitro groups is 1. The number of benzene rings is 1. The van der Waals surface area contributed by atoms with Gasteiger partial charge in [0.2, 0.25) is 0 Å². The van der Waals surface area contributed by atoms with Gasteiger partial charge in [-0.2, -0.15) is 5.10 Å². The maximum atomic E-state index is 10.9. The van der Waals surface area contributed by atoms with Crippen molar-refractivity contribution in [1.29, 1.82) is 0 Å². The van der Waals surface area contributed by atoms with Gasteiger partial charge in [0, 0.05) is 12.3 Å². The summed E-state index contributed by atoms with van der Waals surface area (Å²) >= 11 is 5.88. The van der Waals surface area contributed by atoms with Crippen LogP contribution in [0.4, 0.5) is 5.69 Å². The Labute approximate surface area is 105 Å². The average molecular weight is 268 g/mol. The van der Waals surface area contributed by atoms with Crippen molar-refractivity contribution in [2.45, 2.75) is 0 Å². The molecule has 0 saturated heterocycles. The van der Waals surface area contributed by atoms with Crippen LogP contribution in [0.2, 0.25) is 5.02 Å². The number of carboxylic acids is 1. The Morgan fingerprint density at radius 3 is 2.78 bits per heavy atom. The lowest BCUT2D eigenvalue weighted by Crippen LogP contribution is -2.01. The highest BCUT2D eigenvalue weighted by atomic mass is 35.5. The van der Waals surface area contributed by atoms with Crippen molar-refractivity contribution in [2.75, 3.05) is 0 Å². The average Bonchev–Trinajstić information content (AvgIpc) is 2.77. The first-order valence-corrected chi connectivity index (χ1v) is 5.09. The summed E-state index contributed by atoms with van der Waals surface area (Å²) in [6.45, 7) is 0. The van der Waals surface area contributed by atoms with Crippen molar-refractivity contribution in [3.8, 4) is 5.69 Å². The Morgan fingerprint density at radius 1 is 1.50 bits per heavy atom. The normalized spacial score (nSPS) is 10.3. The standard InChI is InChI=1S/C10H6ClN3O4/c11-7-2-1-3-8(14(17)18)9(7)13-5-6(4-12-13)10(15)16/h1-5H,(H,15,16). The van der Waals surface area contributed by atoms with Crippen LogP contribution in [0.15, 0.2) is 30.6 Å². The van der Waals surface area contributed by atoms with Crippen LogP contribution in [0.3, 0.4) is 0 Å². The van der Waals surface area contributed by atoms with E-state index in [0.717, 1.165) is 17.1 Å². The molecule has 0 saturated carbocycles. The minimum atomic E-state index is -1.17. The number of aromatic nitrogens is 2. The van der Waals surface area contributed by atoms with E-state index < -0.39 is 10.9 Å². The van der Waals surface area contributed by atoms with Crippen LogP contribution in [0, 0.1) is 10.1 Å². The maximum absolute atomic E-state index is 10.9. The zero-order chi connectivity index (χ0) is 13.3. The number of carboxylic acid groups (broad SMARTS) is 1. The third-order valence-corrected chi connectivity index (χ3v) is 2.53. The molecule has 1 aromatic heterocycles. The van der Waals surface area contributed by atoms with Crippen LogP contribution in [0.5, 0.6) is 0 Å². The molecule has 7 nitrogen and oxygen atoms in total. The predicted molar refractivity (Wildman–Crippen MR) is 62.2 cm³/mol. The highest BCUT2D eigenvalue weighted by molar-refractivity contribution is 6.32. The van der Waals surface area contributed by atoms with Crippen LogP contribution in [-0.2, 0) is 0 Å². The molecule has 0 fully saturated rings. The molecule has 0 aliphatic rings. The molecule has 0 unspecified atom stereocenters. The lowest BCUT2D eigenvalue weighted by molar-refractivity contribution is -0.384. The van der Waals surface area contributed by atoms with Crippen LogP contribution in [0.1, 0.15) is 10.4 Å². The van der Waals surface area contributed by atoms with E-state index in [1.54, 1.807) is 0 Å². The Balaban J connectivity index is 2.62. The van der Waals surface area contributed by atoms with E-state index in [2.05, 4.69) is 5.10 Å². The van der Waals surface area contributed by atoms with E-state index in [9.17, 15) is 14.9 Å². The highest BCUT2D eigenvalue weighted by Crippen LogP contribution is 2.29. The summed E-state index contributed by atoms with van der Waals surface area (Å²) in [6.07, 6.45) is 2.26. The lowest BCUT2D eigenvalue weighted by Gasteiger charge is -2.04. The monoisotopic (exact) mass is 267 g/mol. The molecule has 2 aromatic rings. The summed E-state index contributed by atoms with van der Waals surface area (Å²) in [5.41, 5.74) is -0.288. The number of rotatable bonds is 3. The van der Waals surface area contributed by atoms with Crippen LogP contribution in [-0.4, -0.2) is 25.8 Å². The molecular weight excluding hydrogens is 262 g/mol. The third-order valence-electron chi connectivity index (χ3n) is 2.22. The van der Waals surface area contributed by atoms with Gasteiger partial charge in [-0.1, -0.05) is 17.7 Å². The highest BCUT2D eigenvalue weighted by Gasteiger charge is 2.20. The molecule has 0 bridgehead atoms. The van der Waals surface area contributed by atoms with Gasteiger partial charge in [-0.05, 0) is 6.07 Å². The van der Waals surface area contributed by atoms with Crippen LogP contribution in [0.25, 0.3) is 5.69 Å².